The summed E-state index contributed by atoms with van der Waals surface area (Å²) in [6.07, 6.45) is 0. The Hall–Kier alpha value is -1.77. The van der Waals surface area contributed by atoms with Gasteiger partial charge in [-0.2, -0.15) is 5.26 Å². The second-order valence-corrected chi connectivity index (χ2v) is 6.61. The highest BCUT2D eigenvalue weighted by molar-refractivity contribution is 9.10. The number of benzene rings is 2. The molecule has 0 heterocycles. The average Bonchev–Trinajstić information content (AvgIpc) is 2.54. The SMILES string of the molecule is N#Cc1ccc(CSCC(=O)NCc2cccc(Br)c2)cc1. The number of halogens is 1. The Balaban J connectivity index is 1.70. The molecular weight excluding hydrogens is 360 g/mol. The smallest absolute Gasteiger partial charge is 0.230 e. The van der Waals surface area contributed by atoms with Crippen molar-refractivity contribution in [1.29, 1.82) is 5.26 Å². The predicted octanol–water partition coefficient (Wildman–Crippen LogP) is 3.87. The number of hydrogen-bond donors (Lipinski definition) is 1. The molecule has 3 nitrogen and oxygen atoms in total. The number of hydrogen-bond acceptors (Lipinski definition) is 3. The first kappa shape index (κ1) is 16.6. The van der Waals surface area contributed by atoms with Crippen molar-refractivity contribution in [2.75, 3.05) is 5.75 Å². The van der Waals surface area contributed by atoms with Gasteiger partial charge in [0.2, 0.25) is 5.91 Å². The molecule has 2 rings (SSSR count). The highest BCUT2D eigenvalue weighted by atomic mass is 79.9. The van der Waals surface area contributed by atoms with Gasteiger partial charge in [0.05, 0.1) is 17.4 Å². The van der Waals surface area contributed by atoms with Crippen LogP contribution in [0.25, 0.3) is 0 Å². The molecule has 0 aliphatic heterocycles. The van der Waals surface area contributed by atoms with E-state index in [1.54, 1.807) is 23.9 Å². The minimum absolute atomic E-state index is 0.0265. The first-order valence-corrected chi connectivity index (χ1v) is 8.70. The lowest BCUT2D eigenvalue weighted by atomic mass is 10.2. The number of nitrogens with one attached hydrogen (secondary N) is 1. The maximum absolute atomic E-state index is 11.8. The second kappa shape index (κ2) is 8.62. The topological polar surface area (TPSA) is 52.9 Å². The van der Waals surface area contributed by atoms with Gasteiger partial charge in [0.15, 0.2) is 0 Å². The molecule has 0 aliphatic carbocycles. The van der Waals surface area contributed by atoms with Crippen LogP contribution in [0.5, 0.6) is 0 Å². The van der Waals surface area contributed by atoms with Crippen LogP contribution >= 0.6 is 27.7 Å². The van der Waals surface area contributed by atoms with E-state index < -0.39 is 0 Å². The van der Waals surface area contributed by atoms with Gasteiger partial charge >= 0.3 is 0 Å². The van der Waals surface area contributed by atoms with Crippen molar-refractivity contribution in [3.8, 4) is 6.07 Å². The Morgan fingerprint density at radius 1 is 1.18 bits per heavy atom. The maximum Gasteiger partial charge on any atom is 0.230 e. The van der Waals surface area contributed by atoms with Crippen LogP contribution in [0.4, 0.5) is 0 Å². The summed E-state index contributed by atoms with van der Waals surface area (Å²) in [7, 11) is 0. The Morgan fingerprint density at radius 3 is 2.64 bits per heavy atom. The summed E-state index contributed by atoms with van der Waals surface area (Å²) in [5, 5.41) is 11.6. The van der Waals surface area contributed by atoms with Gasteiger partial charge in [0.25, 0.3) is 0 Å². The molecule has 0 bridgehead atoms. The minimum Gasteiger partial charge on any atom is -0.351 e. The van der Waals surface area contributed by atoms with Gasteiger partial charge in [-0.15, -0.1) is 11.8 Å². The Bertz CT molecular complexity index is 680. The molecule has 0 saturated carbocycles. The van der Waals surface area contributed by atoms with Crippen molar-refractivity contribution in [1.82, 2.24) is 5.32 Å². The zero-order chi connectivity index (χ0) is 15.8. The van der Waals surface area contributed by atoms with Crippen molar-refractivity contribution in [3.63, 3.8) is 0 Å². The summed E-state index contributed by atoms with van der Waals surface area (Å²) in [6.45, 7) is 0.537. The monoisotopic (exact) mass is 374 g/mol. The lowest BCUT2D eigenvalue weighted by Crippen LogP contribution is -2.24. The van der Waals surface area contributed by atoms with Crippen LogP contribution in [0.1, 0.15) is 16.7 Å². The van der Waals surface area contributed by atoms with E-state index in [1.807, 2.05) is 36.4 Å². The lowest BCUT2D eigenvalue weighted by molar-refractivity contribution is -0.118. The molecule has 0 unspecified atom stereocenters. The molecule has 112 valence electrons. The molecule has 2 aromatic carbocycles. The van der Waals surface area contributed by atoms with Crippen LogP contribution in [0.2, 0.25) is 0 Å². The van der Waals surface area contributed by atoms with Crippen LogP contribution in [0, 0.1) is 11.3 Å². The third-order valence-electron chi connectivity index (χ3n) is 2.96. The van der Waals surface area contributed by atoms with E-state index >= 15 is 0 Å². The third kappa shape index (κ3) is 5.55. The molecule has 0 saturated heterocycles. The Labute approximate surface area is 142 Å². The second-order valence-electron chi connectivity index (χ2n) is 4.71. The summed E-state index contributed by atoms with van der Waals surface area (Å²) in [5.41, 5.74) is 2.84. The van der Waals surface area contributed by atoms with Crippen molar-refractivity contribution in [3.05, 3.63) is 69.7 Å². The van der Waals surface area contributed by atoms with Crippen LogP contribution in [-0.4, -0.2) is 11.7 Å². The molecule has 0 spiro atoms. The molecule has 0 aromatic heterocycles. The first-order chi connectivity index (χ1) is 10.7. The van der Waals surface area contributed by atoms with Crippen molar-refractivity contribution in [2.45, 2.75) is 12.3 Å². The molecule has 0 aliphatic rings. The number of carbonyl (C=O) groups is 1. The molecule has 2 aromatic rings. The number of rotatable bonds is 6. The number of amides is 1. The summed E-state index contributed by atoms with van der Waals surface area (Å²) in [5.74, 6) is 1.21. The first-order valence-electron chi connectivity index (χ1n) is 6.75. The maximum atomic E-state index is 11.8. The molecule has 0 fully saturated rings. The van der Waals surface area contributed by atoms with Crippen LogP contribution < -0.4 is 5.32 Å². The zero-order valence-electron chi connectivity index (χ0n) is 11.9. The van der Waals surface area contributed by atoms with Crippen molar-refractivity contribution in [2.24, 2.45) is 0 Å². The molecule has 1 N–H and O–H groups in total. The lowest BCUT2D eigenvalue weighted by Gasteiger charge is -2.06. The summed E-state index contributed by atoms with van der Waals surface area (Å²) in [4.78, 5) is 11.8. The fraction of sp³-hybridized carbons (Fsp3) is 0.176. The Kier molecular flexibility index (Phi) is 6.50. The summed E-state index contributed by atoms with van der Waals surface area (Å²) < 4.78 is 1.01. The molecule has 22 heavy (non-hydrogen) atoms. The standard InChI is InChI=1S/C17H15BrN2OS/c18-16-3-1-2-15(8-16)10-20-17(21)12-22-11-14-6-4-13(9-19)5-7-14/h1-8H,10-12H2,(H,20,21). The fourth-order valence-corrected chi connectivity index (χ4v) is 3.10. The largest absolute Gasteiger partial charge is 0.351 e. The third-order valence-corrected chi connectivity index (χ3v) is 4.46. The molecule has 5 heteroatoms. The van der Waals surface area contributed by atoms with Crippen molar-refractivity contribution >= 4 is 33.6 Å². The van der Waals surface area contributed by atoms with E-state index in [4.69, 9.17) is 5.26 Å². The van der Waals surface area contributed by atoms with Gasteiger partial charge in [-0.05, 0) is 35.4 Å². The van der Waals surface area contributed by atoms with Gasteiger partial charge < -0.3 is 5.32 Å². The number of nitrogens with zero attached hydrogens (tertiary/aromatic N) is 1. The fourth-order valence-electron chi connectivity index (χ4n) is 1.84. The van der Waals surface area contributed by atoms with Gasteiger partial charge in [0.1, 0.15) is 0 Å². The molecular formula is C17H15BrN2OS. The highest BCUT2D eigenvalue weighted by Gasteiger charge is 2.03. The van der Waals surface area contributed by atoms with Crippen LogP contribution in [0.3, 0.4) is 0 Å². The quantitative estimate of drug-likeness (QED) is 0.834. The minimum atomic E-state index is 0.0265. The van der Waals surface area contributed by atoms with Crippen molar-refractivity contribution < 1.29 is 4.79 Å². The van der Waals surface area contributed by atoms with E-state index in [2.05, 4.69) is 27.3 Å². The van der Waals surface area contributed by atoms with Crippen LogP contribution in [-0.2, 0) is 17.1 Å². The Morgan fingerprint density at radius 2 is 1.95 bits per heavy atom. The summed E-state index contributed by atoms with van der Waals surface area (Å²) in [6, 6.07) is 17.4. The number of carbonyl (C=O) groups excluding carboxylic acids is 1. The summed E-state index contributed by atoms with van der Waals surface area (Å²) >= 11 is 4.97. The van der Waals surface area contributed by atoms with E-state index in [0.717, 1.165) is 21.4 Å². The van der Waals surface area contributed by atoms with Gasteiger partial charge in [-0.3, -0.25) is 4.79 Å². The van der Waals surface area contributed by atoms with Gasteiger partial charge in [-0.1, -0.05) is 40.2 Å². The van der Waals surface area contributed by atoms with E-state index in [9.17, 15) is 4.79 Å². The van der Waals surface area contributed by atoms with Gasteiger partial charge in [0, 0.05) is 16.8 Å². The molecule has 1 amide bonds. The molecule has 0 radical (unpaired) electrons. The molecule has 0 atom stereocenters. The highest BCUT2D eigenvalue weighted by Crippen LogP contribution is 2.13. The number of nitriles is 1. The van der Waals surface area contributed by atoms with E-state index in [-0.39, 0.29) is 5.91 Å². The van der Waals surface area contributed by atoms with Gasteiger partial charge in [-0.25, -0.2) is 0 Å². The predicted molar refractivity (Wildman–Crippen MR) is 93.3 cm³/mol. The number of thioether (sulfide) groups is 1. The average molecular weight is 375 g/mol. The van der Waals surface area contributed by atoms with E-state index in [0.29, 0.717) is 17.9 Å². The zero-order valence-corrected chi connectivity index (χ0v) is 14.3. The normalized spacial score (nSPS) is 10.0. The van der Waals surface area contributed by atoms with E-state index in [1.165, 1.54) is 0 Å². The van der Waals surface area contributed by atoms with Crippen LogP contribution in [0.15, 0.2) is 53.0 Å².